The standard InChI is InChI=1S/C17H22N2O5S3/c1-24-17(14-8-10-25-13-14)12-18-27(22,23)16-6-4-15(5-7-16)19-9-2-3-11-26(19,20)21/h4-8,10,13,17-18H,2-3,9,11-12H2,1H3. The first kappa shape index (κ1) is 20.3. The lowest BCUT2D eigenvalue weighted by Gasteiger charge is -2.28. The molecule has 7 nitrogen and oxygen atoms in total. The monoisotopic (exact) mass is 430 g/mol. The first-order valence-corrected chi connectivity index (χ1v) is 12.5. The maximum Gasteiger partial charge on any atom is 0.240 e. The Morgan fingerprint density at radius 3 is 2.56 bits per heavy atom. The molecule has 1 unspecified atom stereocenters. The molecule has 0 bridgehead atoms. The Morgan fingerprint density at radius 1 is 1.22 bits per heavy atom. The second kappa shape index (κ2) is 8.27. The summed E-state index contributed by atoms with van der Waals surface area (Å²) in [4.78, 5) is 0.0841. The molecule has 0 spiro atoms. The number of ether oxygens (including phenoxy) is 1. The van der Waals surface area contributed by atoms with Crippen LogP contribution >= 0.6 is 11.3 Å². The largest absolute Gasteiger partial charge is 0.375 e. The zero-order valence-electron chi connectivity index (χ0n) is 14.9. The minimum absolute atomic E-state index is 0.0841. The fraction of sp³-hybridized carbons (Fsp3) is 0.412. The third kappa shape index (κ3) is 4.69. The third-order valence-electron chi connectivity index (χ3n) is 4.44. The van der Waals surface area contributed by atoms with Gasteiger partial charge in [-0.1, -0.05) is 0 Å². The van der Waals surface area contributed by atoms with E-state index in [1.807, 2.05) is 16.8 Å². The molecule has 2 aromatic rings. The van der Waals surface area contributed by atoms with Gasteiger partial charge in [-0.25, -0.2) is 21.6 Å². The lowest BCUT2D eigenvalue weighted by molar-refractivity contribution is 0.107. The zero-order chi connectivity index (χ0) is 19.5. The molecule has 1 fully saturated rings. The van der Waals surface area contributed by atoms with Crippen molar-refractivity contribution in [2.45, 2.75) is 23.8 Å². The summed E-state index contributed by atoms with van der Waals surface area (Å²) in [7, 11) is -5.52. The maximum absolute atomic E-state index is 12.5. The minimum atomic E-state index is -3.73. The Labute approximate surface area is 164 Å². The summed E-state index contributed by atoms with van der Waals surface area (Å²) in [6, 6.07) is 7.80. The number of hydrogen-bond acceptors (Lipinski definition) is 6. The van der Waals surface area contributed by atoms with E-state index in [2.05, 4.69) is 4.72 Å². The normalized spacial score (nSPS) is 18.3. The SMILES string of the molecule is COC(CNS(=O)(=O)c1ccc(N2CCCCS2(=O)=O)cc1)c1ccsc1. The molecule has 0 radical (unpaired) electrons. The second-order valence-corrected chi connectivity index (χ2v) is 10.8. The van der Waals surface area contributed by atoms with Gasteiger partial charge in [-0.2, -0.15) is 11.3 Å². The van der Waals surface area contributed by atoms with Crippen LogP contribution in [0.4, 0.5) is 5.69 Å². The van der Waals surface area contributed by atoms with Gasteiger partial charge in [0.15, 0.2) is 0 Å². The van der Waals surface area contributed by atoms with Gasteiger partial charge in [0.1, 0.15) is 0 Å². The summed E-state index contributed by atoms with van der Waals surface area (Å²) in [6.45, 7) is 0.528. The van der Waals surface area contributed by atoms with Crippen LogP contribution in [0.1, 0.15) is 24.5 Å². The van der Waals surface area contributed by atoms with Crippen LogP contribution in [-0.4, -0.2) is 42.8 Å². The maximum atomic E-state index is 12.5. The molecule has 0 saturated carbocycles. The fourth-order valence-corrected chi connectivity index (χ4v) is 6.31. The second-order valence-electron chi connectivity index (χ2n) is 6.22. The Bertz CT molecular complexity index is 955. The van der Waals surface area contributed by atoms with Crippen LogP contribution in [0.5, 0.6) is 0 Å². The molecular formula is C17H22N2O5S3. The van der Waals surface area contributed by atoms with Crippen molar-refractivity contribution in [1.29, 1.82) is 0 Å². The molecule has 1 aromatic carbocycles. The Morgan fingerprint density at radius 2 is 1.96 bits per heavy atom. The Balaban J connectivity index is 1.72. The van der Waals surface area contributed by atoms with Gasteiger partial charge < -0.3 is 4.74 Å². The van der Waals surface area contributed by atoms with Gasteiger partial charge in [0, 0.05) is 20.2 Å². The van der Waals surface area contributed by atoms with Crippen LogP contribution in [0.25, 0.3) is 0 Å². The van der Waals surface area contributed by atoms with E-state index in [1.54, 1.807) is 0 Å². The summed E-state index contributed by atoms with van der Waals surface area (Å²) in [5, 5.41) is 3.82. The first-order chi connectivity index (χ1) is 12.8. The number of sulfonamides is 2. The van der Waals surface area contributed by atoms with Crippen molar-refractivity contribution in [3.05, 3.63) is 46.7 Å². The molecule has 10 heteroatoms. The molecule has 0 aliphatic carbocycles. The van der Waals surface area contributed by atoms with Gasteiger partial charge in [0.25, 0.3) is 0 Å². The van der Waals surface area contributed by atoms with Gasteiger partial charge in [0.2, 0.25) is 20.0 Å². The number of thiophene rings is 1. The van der Waals surface area contributed by atoms with E-state index in [-0.39, 0.29) is 23.3 Å². The molecule has 1 aromatic heterocycles. The highest BCUT2D eigenvalue weighted by Gasteiger charge is 2.26. The molecule has 1 aliphatic heterocycles. The summed E-state index contributed by atoms with van der Waals surface area (Å²) in [5.41, 5.74) is 1.40. The first-order valence-electron chi connectivity index (χ1n) is 8.48. The van der Waals surface area contributed by atoms with Gasteiger partial charge in [-0.3, -0.25) is 4.31 Å². The van der Waals surface area contributed by atoms with Crippen LogP contribution in [-0.2, 0) is 24.8 Å². The Hall–Kier alpha value is -1.46. The van der Waals surface area contributed by atoms with Crippen LogP contribution in [0.2, 0.25) is 0 Å². The highest BCUT2D eigenvalue weighted by molar-refractivity contribution is 7.92. The van der Waals surface area contributed by atoms with E-state index in [4.69, 9.17) is 4.74 Å². The molecule has 148 valence electrons. The van der Waals surface area contributed by atoms with Gasteiger partial charge in [-0.15, -0.1) is 0 Å². The van der Waals surface area contributed by atoms with Crippen LogP contribution in [0, 0.1) is 0 Å². The average Bonchev–Trinajstić information content (AvgIpc) is 3.16. The number of benzene rings is 1. The number of anilines is 1. The van der Waals surface area contributed by atoms with E-state index < -0.39 is 20.0 Å². The average molecular weight is 431 g/mol. The molecule has 1 saturated heterocycles. The quantitative estimate of drug-likeness (QED) is 0.728. The van der Waals surface area contributed by atoms with Crippen LogP contribution < -0.4 is 9.03 Å². The number of nitrogens with one attached hydrogen (secondary N) is 1. The molecule has 3 rings (SSSR count). The lowest BCUT2D eigenvalue weighted by Crippen LogP contribution is -2.37. The van der Waals surface area contributed by atoms with Crippen LogP contribution in [0.15, 0.2) is 46.0 Å². The highest BCUT2D eigenvalue weighted by Crippen LogP contribution is 2.25. The molecule has 1 N–H and O–H groups in total. The predicted molar refractivity (Wildman–Crippen MR) is 106 cm³/mol. The molecule has 0 amide bonds. The van der Waals surface area contributed by atoms with Crippen molar-refractivity contribution in [2.75, 3.05) is 30.3 Å². The van der Waals surface area contributed by atoms with Crippen molar-refractivity contribution in [2.24, 2.45) is 0 Å². The topological polar surface area (TPSA) is 92.8 Å². The highest BCUT2D eigenvalue weighted by atomic mass is 32.2. The van der Waals surface area contributed by atoms with Crippen molar-refractivity contribution in [3.8, 4) is 0 Å². The number of methoxy groups -OCH3 is 1. The fourth-order valence-electron chi connectivity index (χ4n) is 2.93. The van der Waals surface area contributed by atoms with Crippen molar-refractivity contribution in [3.63, 3.8) is 0 Å². The predicted octanol–water partition coefficient (Wildman–Crippen LogP) is 2.34. The summed E-state index contributed by atoms with van der Waals surface area (Å²) in [5.74, 6) is 0.121. The van der Waals surface area contributed by atoms with Crippen molar-refractivity contribution < 1.29 is 21.6 Å². The molecule has 2 heterocycles. The number of rotatable bonds is 7. The van der Waals surface area contributed by atoms with E-state index in [0.717, 1.165) is 12.0 Å². The number of hydrogen-bond donors (Lipinski definition) is 1. The molecule has 1 aliphatic rings. The van der Waals surface area contributed by atoms with Crippen LogP contribution in [0.3, 0.4) is 0 Å². The van der Waals surface area contributed by atoms with Gasteiger partial charge in [0.05, 0.1) is 22.4 Å². The number of nitrogens with zero attached hydrogens (tertiary/aromatic N) is 1. The molecular weight excluding hydrogens is 408 g/mol. The van der Waals surface area contributed by atoms with Gasteiger partial charge >= 0.3 is 0 Å². The van der Waals surface area contributed by atoms with E-state index in [0.29, 0.717) is 18.7 Å². The smallest absolute Gasteiger partial charge is 0.240 e. The summed E-state index contributed by atoms with van der Waals surface area (Å²) < 4.78 is 58.7. The third-order valence-corrected chi connectivity index (χ3v) is 8.45. The zero-order valence-corrected chi connectivity index (χ0v) is 17.3. The molecule has 27 heavy (non-hydrogen) atoms. The van der Waals surface area contributed by atoms with Gasteiger partial charge in [-0.05, 0) is 59.5 Å². The minimum Gasteiger partial charge on any atom is -0.375 e. The summed E-state index contributed by atoms with van der Waals surface area (Å²) in [6.07, 6.45) is 1.07. The van der Waals surface area contributed by atoms with E-state index in [1.165, 1.54) is 47.0 Å². The summed E-state index contributed by atoms with van der Waals surface area (Å²) >= 11 is 1.52. The Kier molecular flexibility index (Phi) is 6.21. The van der Waals surface area contributed by atoms with E-state index in [9.17, 15) is 16.8 Å². The van der Waals surface area contributed by atoms with E-state index >= 15 is 0 Å². The van der Waals surface area contributed by atoms with Crippen molar-refractivity contribution >= 4 is 37.1 Å². The van der Waals surface area contributed by atoms with Crippen molar-refractivity contribution in [1.82, 2.24) is 4.72 Å². The molecule has 1 atom stereocenters. The lowest BCUT2D eigenvalue weighted by atomic mass is 10.2.